The van der Waals surface area contributed by atoms with Crippen LogP contribution < -0.4 is 0 Å². The van der Waals surface area contributed by atoms with Crippen molar-refractivity contribution in [1.82, 2.24) is 4.98 Å². The second-order valence-corrected chi connectivity index (χ2v) is 3.87. The van der Waals surface area contributed by atoms with Crippen molar-refractivity contribution in [1.29, 1.82) is 5.26 Å². The lowest BCUT2D eigenvalue weighted by Crippen LogP contribution is -2.07. The normalized spacial score (nSPS) is 10.2. The van der Waals surface area contributed by atoms with Crippen LogP contribution in [0.5, 0.6) is 0 Å². The molecule has 0 atom stereocenters. The van der Waals surface area contributed by atoms with Crippen LogP contribution in [0.1, 0.15) is 23.2 Å². The molecule has 0 amide bonds. The molecule has 1 aromatic heterocycles. The minimum Gasteiger partial charge on any atom is -0.481 e. The summed E-state index contributed by atoms with van der Waals surface area (Å²) in [6.07, 6.45) is -3.26. The summed E-state index contributed by atoms with van der Waals surface area (Å²) in [5.74, 6) is -1.16. The van der Waals surface area contributed by atoms with Gasteiger partial charge in [-0.3, -0.25) is 4.79 Å². The van der Waals surface area contributed by atoms with Gasteiger partial charge in [0.05, 0.1) is 17.7 Å². The predicted octanol–water partition coefficient (Wildman–Crippen LogP) is 2.12. The minimum absolute atomic E-state index is 0.0196. The van der Waals surface area contributed by atoms with Crippen molar-refractivity contribution < 1.29 is 18.7 Å². The molecule has 0 aromatic carbocycles. The van der Waals surface area contributed by atoms with E-state index in [9.17, 15) is 13.6 Å². The summed E-state index contributed by atoms with van der Waals surface area (Å²) in [5, 5.41) is 17.2. The van der Waals surface area contributed by atoms with Crippen molar-refractivity contribution in [3.05, 3.63) is 26.6 Å². The number of hydrogen-bond donors (Lipinski definition) is 1. The zero-order valence-corrected chi connectivity index (χ0v) is 9.90. The van der Waals surface area contributed by atoms with Crippen LogP contribution in [0, 0.1) is 15.0 Å². The third kappa shape index (κ3) is 2.85. The Morgan fingerprint density at radius 2 is 2.31 bits per heavy atom. The molecule has 1 aromatic rings. The van der Waals surface area contributed by atoms with Gasteiger partial charge < -0.3 is 5.11 Å². The average molecular weight is 338 g/mol. The number of nitrogens with zero attached hydrogens (tertiary/aromatic N) is 2. The second kappa shape index (κ2) is 5.16. The highest BCUT2D eigenvalue weighted by Crippen LogP contribution is 2.26. The fourth-order valence-corrected chi connectivity index (χ4v) is 1.86. The van der Waals surface area contributed by atoms with Gasteiger partial charge in [0.25, 0.3) is 6.43 Å². The van der Waals surface area contributed by atoms with Gasteiger partial charge in [0.2, 0.25) is 0 Å². The summed E-state index contributed by atoms with van der Waals surface area (Å²) in [4.78, 5) is 14.2. The van der Waals surface area contributed by atoms with Crippen LogP contribution in [-0.4, -0.2) is 16.1 Å². The van der Waals surface area contributed by atoms with Gasteiger partial charge >= 0.3 is 5.97 Å². The molecule has 7 heteroatoms. The Morgan fingerprint density at radius 1 is 1.69 bits per heavy atom. The average Bonchev–Trinajstić information content (AvgIpc) is 2.15. The van der Waals surface area contributed by atoms with Gasteiger partial charge in [0.15, 0.2) is 0 Å². The molecular formula is C9H5F2IN2O2. The topological polar surface area (TPSA) is 74.0 Å². The number of aliphatic carboxylic acids is 1. The second-order valence-electron chi connectivity index (χ2n) is 2.85. The van der Waals surface area contributed by atoms with E-state index in [1.807, 2.05) is 0 Å². The van der Waals surface area contributed by atoms with Gasteiger partial charge in [0, 0.05) is 5.56 Å². The Balaban J connectivity index is 3.29. The molecule has 0 fully saturated rings. The number of alkyl halides is 2. The molecule has 0 aliphatic rings. The maximum absolute atomic E-state index is 12.6. The minimum atomic E-state index is -2.82. The lowest BCUT2D eigenvalue weighted by molar-refractivity contribution is -0.136. The van der Waals surface area contributed by atoms with Crippen molar-refractivity contribution in [2.24, 2.45) is 0 Å². The van der Waals surface area contributed by atoms with Crippen molar-refractivity contribution in [3.63, 3.8) is 0 Å². The van der Waals surface area contributed by atoms with Crippen LogP contribution in [-0.2, 0) is 11.2 Å². The molecule has 0 saturated carbocycles. The van der Waals surface area contributed by atoms with E-state index in [1.165, 1.54) is 0 Å². The molecule has 0 bridgehead atoms. The molecular weight excluding hydrogens is 333 g/mol. The number of nitriles is 1. The summed E-state index contributed by atoms with van der Waals surface area (Å²) >= 11 is 1.63. The fraction of sp³-hybridized carbons (Fsp3) is 0.222. The predicted molar refractivity (Wildman–Crippen MR) is 58.0 cm³/mol. The van der Waals surface area contributed by atoms with Gasteiger partial charge in [-0.25, -0.2) is 13.8 Å². The van der Waals surface area contributed by atoms with E-state index in [0.29, 0.717) is 0 Å². The monoisotopic (exact) mass is 338 g/mol. The molecule has 0 saturated heterocycles. The van der Waals surface area contributed by atoms with Crippen molar-refractivity contribution in [3.8, 4) is 6.07 Å². The Bertz CT molecular complexity index is 471. The first-order valence-electron chi connectivity index (χ1n) is 4.05. The number of carboxylic acids is 1. The van der Waals surface area contributed by atoms with E-state index >= 15 is 0 Å². The van der Waals surface area contributed by atoms with Crippen molar-refractivity contribution in [2.45, 2.75) is 12.8 Å². The van der Waals surface area contributed by atoms with E-state index in [1.54, 1.807) is 28.7 Å². The van der Waals surface area contributed by atoms with Crippen LogP contribution >= 0.6 is 22.6 Å². The van der Waals surface area contributed by atoms with E-state index in [0.717, 1.165) is 6.07 Å². The third-order valence-corrected chi connectivity index (χ3v) is 2.52. The Labute approximate surface area is 103 Å². The molecule has 0 aliphatic heterocycles. The number of pyridine rings is 1. The highest BCUT2D eigenvalue weighted by atomic mass is 127. The zero-order valence-electron chi connectivity index (χ0n) is 7.75. The molecule has 1 N–H and O–H groups in total. The summed E-state index contributed by atoms with van der Waals surface area (Å²) in [6.45, 7) is 0. The molecule has 0 aliphatic carbocycles. The molecule has 16 heavy (non-hydrogen) atoms. The number of carboxylic acid groups (broad SMARTS) is 1. The number of rotatable bonds is 3. The van der Waals surface area contributed by atoms with Gasteiger partial charge in [-0.05, 0) is 28.7 Å². The summed E-state index contributed by atoms with van der Waals surface area (Å²) < 4.78 is 25.3. The molecule has 1 rings (SSSR count). The third-order valence-electron chi connectivity index (χ3n) is 1.74. The maximum Gasteiger partial charge on any atom is 0.309 e. The molecule has 84 valence electrons. The van der Waals surface area contributed by atoms with E-state index < -0.39 is 24.4 Å². The lowest BCUT2D eigenvalue weighted by atomic mass is 10.1. The van der Waals surface area contributed by atoms with Crippen LogP contribution in [0.25, 0.3) is 0 Å². The van der Waals surface area contributed by atoms with Gasteiger partial charge in [-0.1, -0.05) is 0 Å². The largest absolute Gasteiger partial charge is 0.481 e. The number of halogens is 3. The molecule has 4 nitrogen and oxygen atoms in total. The highest BCUT2D eigenvalue weighted by Gasteiger charge is 2.18. The fourth-order valence-electron chi connectivity index (χ4n) is 1.11. The van der Waals surface area contributed by atoms with E-state index in [-0.39, 0.29) is 15.0 Å². The van der Waals surface area contributed by atoms with Gasteiger partial charge in [0.1, 0.15) is 9.77 Å². The molecule has 0 spiro atoms. The van der Waals surface area contributed by atoms with E-state index in [2.05, 4.69) is 4.98 Å². The number of carbonyl (C=O) groups is 1. The van der Waals surface area contributed by atoms with Crippen LogP contribution in [0.3, 0.4) is 0 Å². The smallest absolute Gasteiger partial charge is 0.309 e. The summed E-state index contributed by atoms with van der Waals surface area (Å²) in [7, 11) is 0. The number of aromatic nitrogens is 1. The molecule has 0 radical (unpaired) electrons. The van der Waals surface area contributed by atoms with Crippen molar-refractivity contribution in [2.75, 3.05) is 0 Å². The van der Waals surface area contributed by atoms with Gasteiger partial charge in [-0.2, -0.15) is 5.26 Å². The maximum atomic E-state index is 12.6. The standard InChI is InChI=1S/C9H5F2IN2O2/c10-8(11)5-1-4(2-7(15)16)14-9(12)6(5)3-13/h1,8H,2H2,(H,15,16). The van der Waals surface area contributed by atoms with Crippen LogP contribution in [0.15, 0.2) is 6.07 Å². The first kappa shape index (κ1) is 12.8. The zero-order chi connectivity index (χ0) is 12.3. The Morgan fingerprint density at radius 3 is 2.75 bits per heavy atom. The Hall–Kier alpha value is -1.30. The first-order chi connectivity index (χ1) is 7.45. The van der Waals surface area contributed by atoms with E-state index in [4.69, 9.17) is 10.4 Å². The van der Waals surface area contributed by atoms with Crippen LogP contribution in [0.4, 0.5) is 8.78 Å². The quantitative estimate of drug-likeness (QED) is 0.677. The molecule has 0 unspecified atom stereocenters. The SMILES string of the molecule is N#Cc1c(C(F)F)cc(CC(=O)O)nc1I. The lowest BCUT2D eigenvalue weighted by Gasteiger charge is -2.06. The Kier molecular flexibility index (Phi) is 4.12. The van der Waals surface area contributed by atoms with Gasteiger partial charge in [-0.15, -0.1) is 0 Å². The van der Waals surface area contributed by atoms with Crippen molar-refractivity contribution >= 4 is 28.6 Å². The number of hydrogen-bond acceptors (Lipinski definition) is 3. The summed E-state index contributed by atoms with van der Waals surface area (Å²) in [6, 6.07) is 2.59. The summed E-state index contributed by atoms with van der Waals surface area (Å²) in [5.41, 5.74) is -0.658. The first-order valence-corrected chi connectivity index (χ1v) is 5.13. The van der Waals surface area contributed by atoms with Crippen LogP contribution in [0.2, 0.25) is 0 Å². The highest BCUT2D eigenvalue weighted by molar-refractivity contribution is 14.1. The molecule has 1 heterocycles.